The number of hydrogen-bond acceptors (Lipinski definition) is 3. The van der Waals surface area contributed by atoms with Crippen molar-refractivity contribution in [3.63, 3.8) is 0 Å². The van der Waals surface area contributed by atoms with Crippen molar-refractivity contribution in [2.24, 2.45) is 5.92 Å². The topological polar surface area (TPSA) is 29.1 Å². The molecule has 0 aliphatic heterocycles. The van der Waals surface area contributed by atoms with E-state index in [1.54, 1.807) is 21.6 Å². The summed E-state index contributed by atoms with van der Waals surface area (Å²) in [5, 5.41) is 2.88. The molecule has 2 nitrogen and oxygen atoms in total. The van der Waals surface area contributed by atoms with Crippen LogP contribution < -0.4 is 5.32 Å². The Morgan fingerprint density at radius 3 is 2.67 bits per heavy atom. The molecule has 0 aliphatic rings. The maximum atomic E-state index is 11.1. The number of amides is 1. The molecule has 0 heterocycles. The number of nitrogens with one attached hydrogen (secondary N) is 1. The standard InChI is InChI=1S/C8H17NOS2/c1-7(2)6-9-8(10)4-5-12-11-3/h7H,4-6H2,1-3H3,(H,9,10). The highest BCUT2D eigenvalue weighted by atomic mass is 33.1. The summed E-state index contributed by atoms with van der Waals surface area (Å²) in [7, 11) is 3.43. The van der Waals surface area contributed by atoms with Gasteiger partial charge in [-0.25, -0.2) is 0 Å². The van der Waals surface area contributed by atoms with Gasteiger partial charge in [0.1, 0.15) is 0 Å². The Morgan fingerprint density at radius 1 is 1.50 bits per heavy atom. The van der Waals surface area contributed by atoms with Crippen molar-refractivity contribution in [3.8, 4) is 0 Å². The summed E-state index contributed by atoms with van der Waals surface area (Å²) in [6.45, 7) is 4.98. The van der Waals surface area contributed by atoms with Crippen LogP contribution in [0.25, 0.3) is 0 Å². The molecule has 0 aromatic heterocycles. The van der Waals surface area contributed by atoms with Gasteiger partial charge in [0.25, 0.3) is 0 Å². The van der Waals surface area contributed by atoms with E-state index in [2.05, 4.69) is 19.2 Å². The second-order valence-corrected chi connectivity index (χ2v) is 5.62. The zero-order chi connectivity index (χ0) is 9.40. The van der Waals surface area contributed by atoms with Crippen LogP contribution in [0.15, 0.2) is 0 Å². The molecule has 0 saturated heterocycles. The molecule has 4 heteroatoms. The van der Waals surface area contributed by atoms with Crippen LogP contribution in [0.3, 0.4) is 0 Å². The van der Waals surface area contributed by atoms with Gasteiger partial charge in [-0.05, 0) is 12.2 Å². The molecule has 0 radical (unpaired) electrons. The van der Waals surface area contributed by atoms with Gasteiger partial charge in [-0.3, -0.25) is 4.79 Å². The number of carbonyl (C=O) groups excluding carboxylic acids is 1. The Kier molecular flexibility index (Phi) is 7.91. The fraction of sp³-hybridized carbons (Fsp3) is 0.875. The first kappa shape index (κ1) is 12.2. The van der Waals surface area contributed by atoms with Crippen molar-refractivity contribution >= 4 is 27.5 Å². The summed E-state index contributed by atoms with van der Waals surface area (Å²) < 4.78 is 0. The molecule has 0 fully saturated rings. The number of hydrogen-bond donors (Lipinski definition) is 1. The molecule has 0 bridgehead atoms. The summed E-state index contributed by atoms with van der Waals surface area (Å²) in [4.78, 5) is 11.1. The van der Waals surface area contributed by atoms with Gasteiger partial charge >= 0.3 is 0 Å². The van der Waals surface area contributed by atoms with Crippen molar-refractivity contribution in [3.05, 3.63) is 0 Å². The van der Waals surface area contributed by atoms with Gasteiger partial charge in [0.15, 0.2) is 0 Å². The van der Waals surface area contributed by atoms with E-state index in [-0.39, 0.29) is 5.91 Å². The van der Waals surface area contributed by atoms with Crippen molar-refractivity contribution in [2.75, 3.05) is 18.6 Å². The van der Waals surface area contributed by atoms with Gasteiger partial charge < -0.3 is 5.32 Å². The number of carbonyl (C=O) groups is 1. The minimum Gasteiger partial charge on any atom is -0.356 e. The summed E-state index contributed by atoms with van der Waals surface area (Å²) in [6.07, 6.45) is 2.66. The summed E-state index contributed by atoms with van der Waals surface area (Å²) in [5.41, 5.74) is 0. The molecule has 12 heavy (non-hydrogen) atoms. The average Bonchev–Trinajstić information content (AvgIpc) is 2.01. The predicted octanol–water partition coefficient (Wildman–Crippen LogP) is 2.16. The van der Waals surface area contributed by atoms with Crippen molar-refractivity contribution in [2.45, 2.75) is 20.3 Å². The van der Waals surface area contributed by atoms with Crippen LogP contribution in [0.4, 0.5) is 0 Å². The third-order valence-corrected chi connectivity index (χ3v) is 3.05. The molecule has 1 N–H and O–H groups in total. The van der Waals surface area contributed by atoms with Crippen LogP contribution in [-0.4, -0.2) is 24.5 Å². The third kappa shape index (κ3) is 8.27. The highest BCUT2D eigenvalue weighted by Crippen LogP contribution is 2.16. The first-order valence-electron chi connectivity index (χ1n) is 4.09. The normalized spacial score (nSPS) is 10.3. The molecule has 1 amide bonds. The lowest BCUT2D eigenvalue weighted by molar-refractivity contribution is -0.120. The lowest BCUT2D eigenvalue weighted by atomic mass is 10.2. The summed E-state index contributed by atoms with van der Waals surface area (Å²) >= 11 is 0. The largest absolute Gasteiger partial charge is 0.356 e. The Bertz CT molecular complexity index is 128. The molecule has 0 aromatic carbocycles. The minimum absolute atomic E-state index is 0.172. The molecular formula is C8H17NOS2. The Hall–Kier alpha value is 0.170. The van der Waals surface area contributed by atoms with E-state index in [1.807, 2.05) is 6.26 Å². The summed E-state index contributed by atoms with van der Waals surface area (Å²) in [5.74, 6) is 1.62. The van der Waals surface area contributed by atoms with Crippen LogP contribution in [0, 0.1) is 5.92 Å². The van der Waals surface area contributed by atoms with Crippen LogP contribution >= 0.6 is 21.6 Å². The SMILES string of the molecule is CSSCCC(=O)NCC(C)C. The fourth-order valence-electron chi connectivity index (χ4n) is 0.624. The molecule has 0 atom stereocenters. The molecule has 0 rings (SSSR count). The lowest BCUT2D eigenvalue weighted by Crippen LogP contribution is -2.27. The van der Waals surface area contributed by atoms with Crippen molar-refractivity contribution in [1.82, 2.24) is 5.32 Å². The molecular weight excluding hydrogens is 190 g/mol. The molecule has 0 saturated carbocycles. The highest BCUT2D eigenvalue weighted by Gasteiger charge is 2.01. The summed E-state index contributed by atoms with van der Waals surface area (Å²) in [6, 6.07) is 0. The van der Waals surface area contributed by atoms with Crippen LogP contribution in [0.1, 0.15) is 20.3 Å². The molecule has 0 unspecified atom stereocenters. The second kappa shape index (κ2) is 7.80. The van der Waals surface area contributed by atoms with Gasteiger partial charge in [0, 0.05) is 18.7 Å². The van der Waals surface area contributed by atoms with E-state index in [0.717, 1.165) is 12.3 Å². The average molecular weight is 207 g/mol. The first-order valence-corrected chi connectivity index (χ1v) is 6.81. The van der Waals surface area contributed by atoms with E-state index >= 15 is 0 Å². The number of rotatable bonds is 6. The Morgan fingerprint density at radius 2 is 2.17 bits per heavy atom. The fourth-order valence-corrected chi connectivity index (χ4v) is 1.81. The second-order valence-electron chi connectivity index (χ2n) is 2.94. The van der Waals surface area contributed by atoms with E-state index in [1.165, 1.54) is 0 Å². The monoisotopic (exact) mass is 207 g/mol. The Labute approximate surface area is 82.7 Å². The highest BCUT2D eigenvalue weighted by molar-refractivity contribution is 8.76. The van der Waals surface area contributed by atoms with Gasteiger partial charge in [0.2, 0.25) is 5.91 Å². The maximum absolute atomic E-state index is 11.1. The lowest BCUT2D eigenvalue weighted by Gasteiger charge is -2.06. The van der Waals surface area contributed by atoms with E-state index in [0.29, 0.717) is 12.3 Å². The van der Waals surface area contributed by atoms with Crippen molar-refractivity contribution < 1.29 is 4.79 Å². The van der Waals surface area contributed by atoms with Gasteiger partial charge in [-0.2, -0.15) is 0 Å². The maximum Gasteiger partial charge on any atom is 0.220 e. The van der Waals surface area contributed by atoms with Crippen LogP contribution in [0.5, 0.6) is 0 Å². The van der Waals surface area contributed by atoms with Crippen LogP contribution in [-0.2, 0) is 4.79 Å². The van der Waals surface area contributed by atoms with Gasteiger partial charge in [0.05, 0.1) is 0 Å². The smallest absolute Gasteiger partial charge is 0.220 e. The van der Waals surface area contributed by atoms with E-state index in [4.69, 9.17) is 0 Å². The first-order chi connectivity index (χ1) is 5.66. The zero-order valence-corrected chi connectivity index (χ0v) is 9.56. The molecule has 0 aromatic rings. The van der Waals surface area contributed by atoms with Gasteiger partial charge in [-0.1, -0.05) is 35.4 Å². The minimum atomic E-state index is 0.172. The zero-order valence-electron chi connectivity index (χ0n) is 7.92. The quantitative estimate of drug-likeness (QED) is 0.534. The van der Waals surface area contributed by atoms with Gasteiger partial charge in [-0.15, -0.1) is 0 Å². The Balaban J connectivity index is 3.22. The third-order valence-electron chi connectivity index (χ3n) is 1.24. The molecule has 0 aliphatic carbocycles. The van der Waals surface area contributed by atoms with Crippen LogP contribution in [0.2, 0.25) is 0 Å². The van der Waals surface area contributed by atoms with E-state index in [9.17, 15) is 4.79 Å². The van der Waals surface area contributed by atoms with Crippen molar-refractivity contribution in [1.29, 1.82) is 0 Å². The predicted molar refractivity (Wildman–Crippen MR) is 58.4 cm³/mol. The molecule has 72 valence electrons. The van der Waals surface area contributed by atoms with E-state index < -0.39 is 0 Å². The molecule has 0 spiro atoms.